The van der Waals surface area contributed by atoms with E-state index in [4.69, 9.17) is 15.0 Å². The molecule has 0 bridgehead atoms. The average Bonchev–Trinajstić information content (AvgIpc) is 3.19. The first-order valence-electron chi connectivity index (χ1n) is 7.72. The molecule has 0 saturated carbocycles. The van der Waals surface area contributed by atoms with Crippen LogP contribution in [0.1, 0.15) is 12.7 Å². The second-order valence-electron chi connectivity index (χ2n) is 5.52. The highest BCUT2D eigenvalue weighted by Crippen LogP contribution is 2.31. The van der Waals surface area contributed by atoms with Crippen molar-refractivity contribution in [2.75, 3.05) is 18.0 Å². The van der Waals surface area contributed by atoms with Crippen molar-refractivity contribution in [2.45, 2.75) is 19.4 Å². The first-order chi connectivity index (χ1) is 12.4. The minimum absolute atomic E-state index is 0.0156. The fourth-order valence-electron chi connectivity index (χ4n) is 2.47. The summed E-state index contributed by atoms with van der Waals surface area (Å²) in [7, 11) is 0. The Balaban J connectivity index is 1.83. The van der Waals surface area contributed by atoms with E-state index in [-0.39, 0.29) is 29.8 Å². The number of aromatic nitrogens is 2. The summed E-state index contributed by atoms with van der Waals surface area (Å²) in [4.78, 5) is 17.0. The molecule has 11 heteroatoms. The summed E-state index contributed by atoms with van der Waals surface area (Å²) in [6, 6.07) is 2.03. The number of rotatable bonds is 5. The van der Waals surface area contributed by atoms with Gasteiger partial charge >= 0.3 is 6.09 Å². The van der Waals surface area contributed by atoms with Gasteiger partial charge in [0.25, 0.3) is 5.89 Å². The molecule has 1 aliphatic heterocycles. The highest BCUT2D eigenvalue weighted by atomic mass is 32.1. The van der Waals surface area contributed by atoms with Gasteiger partial charge in [-0.25, -0.2) is 13.6 Å². The standard InChI is InChI=1S/C15H15F2N5O3S/c1-2-11-20-13(25-21-11)12-9(16)3-7(4-10(12)17)22-6-8(24-15(22)23)5-19-14(18)26/h3-4,8H,2,5-6H2,1H3,(H3,18,19,26). The topological polar surface area (TPSA) is 107 Å². The third kappa shape index (κ3) is 3.57. The van der Waals surface area contributed by atoms with Crippen LogP contribution in [0.5, 0.6) is 0 Å². The van der Waals surface area contributed by atoms with Crippen LogP contribution in [0.15, 0.2) is 16.7 Å². The van der Waals surface area contributed by atoms with E-state index in [1.165, 1.54) is 0 Å². The number of halogens is 2. The third-order valence-electron chi connectivity index (χ3n) is 3.71. The molecule has 1 aromatic carbocycles. The van der Waals surface area contributed by atoms with Crippen molar-refractivity contribution < 1.29 is 22.8 Å². The number of benzene rings is 1. The van der Waals surface area contributed by atoms with Crippen LogP contribution in [0.2, 0.25) is 0 Å². The number of thiocarbonyl (C=S) groups is 1. The molecule has 3 N–H and O–H groups in total. The van der Waals surface area contributed by atoms with Gasteiger partial charge < -0.3 is 20.3 Å². The zero-order valence-corrected chi connectivity index (χ0v) is 14.5. The first kappa shape index (κ1) is 18.0. The Kier molecular flexibility index (Phi) is 4.98. The molecule has 1 amide bonds. The Bertz CT molecular complexity index is 837. The average molecular weight is 383 g/mol. The number of carbonyl (C=O) groups excluding carboxylic acids is 1. The fraction of sp³-hybridized carbons (Fsp3) is 0.333. The molecule has 2 heterocycles. The van der Waals surface area contributed by atoms with Gasteiger partial charge in [-0.2, -0.15) is 4.98 Å². The summed E-state index contributed by atoms with van der Waals surface area (Å²) < 4.78 is 38.9. The highest BCUT2D eigenvalue weighted by Gasteiger charge is 2.33. The molecular formula is C15H15F2N5O3S. The number of amides is 1. The molecule has 1 atom stereocenters. The lowest BCUT2D eigenvalue weighted by atomic mass is 10.1. The van der Waals surface area contributed by atoms with Crippen LogP contribution in [0.25, 0.3) is 11.5 Å². The Labute approximate surface area is 152 Å². The molecular weight excluding hydrogens is 368 g/mol. The van der Waals surface area contributed by atoms with Crippen LogP contribution >= 0.6 is 12.2 Å². The zero-order chi connectivity index (χ0) is 18.8. The Morgan fingerprint density at radius 1 is 1.46 bits per heavy atom. The second-order valence-corrected chi connectivity index (χ2v) is 5.96. The van der Waals surface area contributed by atoms with Gasteiger partial charge in [0.1, 0.15) is 23.3 Å². The van der Waals surface area contributed by atoms with Crippen LogP contribution < -0.4 is 16.0 Å². The van der Waals surface area contributed by atoms with Crippen LogP contribution in [0.4, 0.5) is 19.3 Å². The summed E-state index contributed by atoms with van der Waals surface area (Å²) in [6.07, 6.45) is -0.818. The monoisotopic (exact) mass is 383 g/mol. The van der Waals surface area contributed by atoms with E-state index in [0.29, 0.717) is 12.2 Å². The van der Waals surface area contributed by atoms with Gasteiger partial charge in [0.2, 0.25) is 0 Å². The molecule has 1 saturated heterocycles. The van der Waals surface area contributed by atoms with Gasteiger partial charge in [0.05, 0.1) is 18.8 Å². The number of nitrogens with zero attached hydrogens (tertiary/aromatic N) is 3. The number of aryl methyl sites for hydroxylation is 1. The van der Waals surface area contributed by atoms with E-state index in [1.807, 2.05) is 0 Å². The molecule has 0 radical (unpaired) electrons. The first-order valence-corrected chi connectivity index (χ1v) is 8.13. The van der Waals surface area contributed by atoms with E-state index in [0.717, 1.165) is 17.0 Å². The minimum Gasteiger partial charge on any atom is -0.442 e. The van der Waals surface area contributed by atoms with Crippen molar-refractivity contribution in [3.63, 3.8) is 0 Å². The lowest BCUT2D eigenvalue weighted by Crippen LogP contribution is -2.37. The van der Waals surface area contributed by atoms with Gasteiger partial charge in [-0.1, -0.05) is 12.1 Å². The second kappa shape index (κ2) is 7.20. The molecule has 26 heavy (non-hydrogen) atoms. The summed E-state index contributed by atoms with van der Waals surface area (Å²) in [6.45, 7) is 2.07. The van der Waals surface area contributed by atoms with Crippen LogP contribution in [0.3, 0.4) is 0 Å². The van der Waals surface area contributed by atoms with Crippen LogP contribution in [0, 0.1) is 11.6 Å². The molecule has 8 nitrogen and oxygen atoms in total. The van der Waals surface area contributed by atoms with Crippen molar-refractivity contribution in [3.8, 4) is 11.5 Å². The summed E-state index contributed by atoms with van der Waals surface area (Å²) in [5.41, 5.74) is 4.89. The molecule has 1 aromatic heterocycles. The number of nitrogens with two attached hydrogens (primary N) is 1. The van der Waals surface area contributed by atoms with Crippen LogP contribution in [-0.2, 0) is 11.2 Å². The van der Waals surface area contributed by atoms with Crippen molar-refractivity contribution in [1.29, 1.82) is 0 Å². The van der Waals surface area contributed by atoms with Crippen LogP contribution in [-0.4, -0.2) is 40.5 Å². The molecule has 2 aromatic rings. The maximum atomic E-state index is 14.4. The van der Waals surface area contributed by atoms with E-state index in [9.17, 15) is 13.6 Å². The normalized spacial score (nSPS) is 16.7. The maximum absolute atomic E-state index is 14.4. The number of nitrogens with one attached hydrogen (secondary N) is 1. The maximum Gasteiger partial charge on any atom is 0.414 e. The predicted molar refractivity (Wildman–Crippen MR) is 91.4 cm³/mol. The van der Waals surface area contributed by atoms with E-state index in [1.54, 1.807) is 6.92 Å². The van der Waals surface area contributed by atoms with Crippen molar-refractivity contribution in [2.24, 2.45) is 5.73 Å². The third-order valence-corrected chi connectivity index (χ3v) is 3.86. The number of carbonyl (C=O) groups is 1. The largest absolute Gasteiger partial charge is 0.442 e. The Morgan fingerprint density at radius 2 is 2.15 bits per heavy atom. The molecule has 3 rings (SSSR count). The molecule has 0 spiro atoms. The van der Waals surface area contributed by atoms with Crippen molar-refractivity contribution >= 4 is 29.1 Å². The number of anilines is 1. The predicted octanol–water partition coefficient (Wildman–Crippen LogP) is 1.74. The fourth-order valence-corrected chi connectivity index (χ4v) is 2.56. The number of cyclic esters (lactones) is 1. The van der Waals surface area contributed by atoms with E-state index >= 15 is 0 Å². The lowest BCUT2D eigenvalue weighted by Gasteiger charge is -2.14. The molecule has 1 unspecified atom stereocenters. The summed E-state index contributed by atoms with van der Waals surface area (Å²) >= 11 is 4.68. The van der Waals surface area contributed by atoms with Gasteiger partial charge in [-0.15, -0.1) is 0 Å². The molecule has 0 aliphatic carbocycles. The zero-order valence-electron chi connectivity index (χ0n) is 13.7. The Hall–Kier alpha value is -2.82. The number of hydrogen-bond acceptors (Lipinski definition) is 6. The van der Waals surface area contributed by atoms with E-state index in [2.05, 4.69) is 27.7 Å². The molecule has 1 fully saturated rings. The van der Waals surface area contributed by atoms with Gasteiger partial charge in [0.15, 0.2) is 10.9 Å². The molecule has 138 valence electrons. The smallest absolute Gasteiger partial charge is 0.414 e. The quantitative estimate of drug-likeness (QED) is 0.752. The minimum atomic E-state index is -0.927. The molecule has 1 aliphatic rings. The SMILES string of the molecule is CCc1noc(-c2c(F)cc(N3CC(CNC(N)=S)OC3=O)cc2F)n1. The lowest BCUT2D eigenvalue weighted by molar-refractivity contribution is 0.143. The van der Waals surface area contributed by atoms with E-state index < -0.39 is 29.4 Å². The van der Waals surface area contributed by atoms with Gasteiger partial charge in [-0.3, -0.25) is 4.90 Å². The van der Waals surface area contributed by atoms with Crippen molar-refractivity contribution in [1.82, 2.24) is 15.5 Å². The number of ether oxygens (including phenoxy) is 1. The number of hydrogen-bond donors (Lipinski definition) is 2. The Morgan fingerprint density at radius 3 is 2.73 bits per heavy atom. The van der Waals surface area contributed by atoms with Gasteiger partial charge in [-0.05, 0) is 24.4 Å². The highest BCUT2D eigenvalue weighted by molar-refractivity contribution is 7.80. The van der Waals surface area contributed by atoms with Crippen molar-refractivity contribution in [3.05, 3.63) is 29.6 Å². The van der Waals surface area contributed by atoms with Gasteiger partial charge in [0, 0.05) is 6.42 Å². The summed E-state index contributed by atoms with van der Waals surface area (Å²) in [5, 5.41) is 6.35. The summed E-state index contributed by atoms with van der Waals surface area (Å²) in [5.74, 6) is -1.78.